The molecule has 4 N–H and O–H groups in total. The lowest BCUT2D eigenvalue weighted by Gasteiger charge is -2.28. The van der Waals surface area contributed by atoms with E-state index < -0.39 is 11.4 Å². The smallest absolute Gasteiger partial charge is 0.220 e. The zero-order valence-corrected chi connectivity index (χ0v) is 18.8. The van der Waals surface area contributed by atoms with Crippen LogP contribution in [0.1, 0.15) is 31.0 Å². The van der Waals surface area contributed by atoms with E-state index in [0.717, 1.165) is 22.1 Å². The van der Waals surface area contributed by atoms with Gasteiger partial charge < -0.3 is 15.8 Å². The van der Waals surface area contributed by atoms with Gasteiger partial charge in [0.15, 0.2) is 0 Å². The molecular weight excluding hydrogens is 433 g/mol. The lowest BCUT2D eigenvalue weighted by atomic mass is 9.85. The van der Waals surface area contributed by atoms with E-state index in [0.29, 0.717) is 17.8 Å². The number of H-pyrrole nitrogens is 1. The maximum absolute atomic E-state index is 14.7. The molecule has 5 aromatic rings. The monoisotopic (exact) mass is 457 g/mol. The molecule has 172 valence electrons. The summed E-state index contributed by atoms with van der Waals surface area (Å²) >= 11 is 0. The lowest BCUT2D eigenvalue weighted by molar-refractivity contribution is 0.0619. The lowest BCUT2D eigenvalue weighted by Crippen LogP contribution is -2.30. The number of nitrogens with zero attached hydrogens (tertiary/aromatic N) is 5. The Morgan fingerprint density at radius 3 is 2.71 bits per heavy atom. The second-order valence-corrected chi connectivity index (χ2v) is 8.31. The van der Waals surface area contributed by atoms with Gasteiger partial charge in [-0.3, -0.25) is 4.68 Å². The highest BCUT2D eigenvalue weighted by Crippen LogP contribution is 2.37. The van der Waals surface area contributed by atoms with Crippen molar-refractivity contribution in [1.29, 1.82) is 0 Å². The first-order valence-electron chi connectivity index (χ1n) is 11.0. The van der Waals surface area contributed by atoms with Crippen LogP contribution in [0, 0.1) is 5.82 Å². The first-order valence-corrected chi connectivity index (χ1v) is 11.0. The largest absolute Gasteiger partial charge is 0.379 e. The van der Waals surface area contributed by atoms with Crippen LogP contribution in [0.4, 0.5) is 10.3 Å². The molecule has 0 spiro atoms. The van der Waals surface area contributed by atoms with E-state index in [4.69, 9.17) is 5.73 Å². The molecule has 0 bridgehead atoms. The average molecular weight is 458 g/mol. The third kappa shape index (κ3) is 3.69. The number of nitrogen functional groups attached to an aromatic ring is 1. The Kier molecular flexibility index (Phi) is 5.33. The van der Waals surface area contributed by atoms with Crippen LogP contribution in [0.2, 0.25) is 0 Å². The zero-order valence-electron chi connectivity index (χ0n) is 18.8. The van der Waals surface area contributed by atoms with Crippen LogP contribution in [0.3, 0.4) is 0 Å². The van der Waals surface area contributed by atoms with Gasteiger partial charge in [0.05, 0.1) is 17.6 Å². The van der Waals surface area contributed by atoms with E-state index in [1.807, 2.05) is 26.2 Å². The predicted octanol–water partition coefficient (Wildman–Crippen LogP) is 4.18. The number of rotatable bonds is 6. The minimum Gasteiger partial charge on any atom is -0.379 e. The number of halogens is 1. The molecular formula is C25H24FN7O. The van der Waals surface area contributed by atoms with Crippen LogP contribution >= 0.6 is 0 Å². The fourth-order valence-electron chi connectivity index (χ4n) is 4.32. The third-order valence-electron chi connectivity index (χ3n) is 5.94. The summed E-state index contributed by atoms with van der Waals surface area (Å²) in [6.07, 6.45) is 8.13. The molecule has 0 fully saturated rings. The summed E-state index contributed by atoms with van der Waals surface area (Å²) < 4.78 is 16.5. The molecule has 0 saturated carbocycles. The minimum atomic E-state index is -1.66. The number of hydrogen-bond donors (Lipinski definition) is 3. The van der Waals surface area contributed by atoms with Crippen LogP contribution in [-0.2, 0) is 12.6 Å². The molecule has 0 saturated heterocycles. The number of pyridine rings is 1. The van der Waals surface area contributed by atoms with Gasteiger partial charge in [-0.15, -0.1) is 0 Å². The zero-order chi connectivity index (χ0) is 23.9. The normalized spacial score (nSPS) is 13.3. The molecule has 34 heavy (non-hydrogen) atoms. The molecule has 0 aliphatic heterocycles. The van der Waals surface area contributed by atoms with Crippen molar-refractivity contribution >= 4 is 17.0 Å². The van der Waals surface area contributed by atoms with Gasteiger partial charge in [0.25, 0.3) is 0 Å². The summed E-state index contributed by atoms with van der Waals surface area (Å²) in [6, 6.07) is 9.83. The Morgan fingerprint density at radius 2 is 1.97 bits per heavy atom. The van der Waals surface area contributed by atoms with Crippen LogP contribution in [0.15, 0.2) is 61.2 Å². The maximum atomic E-state index is 14.7. The predicted molar refractivity (Wildman–Crippen MR) is 128 cm³/mol. The highest BCUT2D eigenvalue weighted by molar-refractivity contribution is 5.95. The number of anilines is 1. The quantitative estimate of drug-likeness (QED) is 0.352. The van der Waals surface area contributed by atoms with E-state index in [2.05, 4.69) is 25.0 Å². The van der Waals surface area contributed by atoms with Crippen molar-refractivity contribution in [3.05, 3.63) is 78.3 Å². The topological polar surface area (TPSA) is 119 Å². The molecule has 8 nitrogen and oxygen atoms in total. The number of aromatic nitrogens is 6. The number of fused-ring (bicyclic) bond motifs is 1. The number of aryl methyl sites for hydroxylation is 1. The minimum absolute atomic E-state index is 0.0101. The highest BCUT2D eigenvalue weighted by Gasteiger charge is 2.35. The number of aliphatic hydroxyl groups is 1. The molecule has 1 aromatic carbocycles. The molecule has 5 rings (SSSR count). The molecule has 0 unspecified atom stereocenters. The molecule has 0 radical (unpaired) electrons. The summed E-state index contributed by atoms with van der Waals surface area (Å²) in [6.45, 7) is 1.92. The molecule has 4 heterocycles. The number of aromatic amines is 1. The van der Waals surface area contributed by atoms with Crippen molar-refractivity contribution < 1.29 is 9.50 Å². The highest BCUT2D eigenvalue weighted by atomic mass is 19.1. The van der Waals surface area contributed by atoms with Crippen molar-refractivity contribution in [3.8, 4) is 22.4 Å². The molecule has 0 amide bonds. The van der Waals surface area contributed by atoms with Crippen molar-refractivity contribution in [3.63, 3.8) is 0 Å². The Hall–Kier alpha value is -4.11. The standard InChI is InChI=1S/C25H24FN7O/c1-3-8-25(34,19-6-4-5-7-20(19)26)22-10-21(31-24(27)32-22)18-13-29-23-17(18)9-15(11-28-23)16-12-30-33(2)14-16/h4-7,9-14,34H,3,8H2,1-2H3,(H,28,29)(H2,27,31,32)/t25-/m0/s1. The molecule has 0 aliphatic carbocycles. The molecule has 9 heteroatoms. The van der Waals surface area contributed by atoms with Crippen molar-refractivity contribution in [1.82, 2.24) is 29.7 Å². The van der Waals surface area contributed by atoms with Gasteiger partial charge >= 0.3 is 0 Å². The number of nitrogens with one attached hydrogen (secondary N) is 1. The summed E-state index contributed by atoms with van der Waals surface area (Å²) in [7, 11) is 1.86. The van der Waals surface area contributed by atoms with Crippen molar-refractivity contribution in [2.75, 3.05) is 5.73 Å². The Labute approximate surface area is 195 Å². The summed E-state index contributed by atoms with van der Waals surface area (Å²) in [5, 5.41) is 16.7. The second-order valence-electron chi connectivity index (χ2n) is 8.31. The van der Waals surface area contributed by atoms with E-state index in [9.17, 15) is 9.50 Å². The van der Waals surface area contributed by atoms with Gasteiger partial charge in [-0.25, -0.2) is 19.3 Å². The average Bonchev–Trinajstić information content (AvgIpc) is 3.45. The number of hydrogen-bond acceptors (Lipinski definition) is 6. The Balaban J connectivity index is 1.66. The molecule has 1 atom stereocenters. The summed E-state index contributed by atoms with van der Waals surface area (Å²) in [5.74, 6) is -0.515. The fourth-order valence-corrected chi connectivity index (χ4v) is 4.32. The van der Waals surface area contributed by atoms with Crippen molar-refractivity contribution in [2.24, 2.45) is 7.05 Å². The van der Waals surface area contributed by atoms with Gasteiger partial charge in [0, 0.05) is 53.3 Å². The van der Waals surface area contributed by atoms with Crippen molar-refractivity contribution in [2.45, 2.75) is 25.4 Å². The molecule has 4 aromatic heterocycles. The Bertz CT molecular complexity index is 1490. The van der Waals surface area contributed by atoms with Crippen LogP contribution in [0.5, 0.6) is 0 Å². The van der Waals surface area contributed by atoms with E-state index in [1.54, 1.807) is 47.5 Å². The van der Waals surface area contributed by atoms with Gasteiger partial charge in [-0.1, -0.05) is 31.5 Å². The van der Waals surface area contributed by atoms with Crippen LogP contribution in [-0.4, -0.2) is 34.8 Å². The maximum Gasteiger partial charge on any atom is 0.220 e. The van der Waals surface area contributed by atoms with Gasteiger partial charge in [-0.2, -0.15) is 5.10 Å². The number of nitrogens with two attached hydrogens (primary N) is 1. The SMILES string of the molecule is CCC[C@@](O)(c1cc(-c2c[nH]c3ncc(-c4cnn(C)c4)cc23)nc(N)n1)c1ccccc1F. The first kappa shape index (κ1) is 21.7. The van der Waals surface area contributed by atoms with Gasteiger partial charge in [-0.05, 0) is 24.6 Å². The Morgan fingerprint density at radius 1 is 1.15 bits per heavy atom. The second kappa shape index (κ2) is 8.35. The number of benzene rings is 1. The first-order chi connectivity index (χ1) is 16.4. The van der Waals surface area contributed by atoms with E-state index in [1.165, 1.54) is 6.07 Å². The van der Waals surface area contributed by atoms with E-state index in [-0.39, 0.29) is 23.6 Å². The van der Waals surface area contributed by atoms with Gasteiger partial charge in [0.2, 0.25) is 5.95 Å². The summed E-state index contributed by atoms with van der Waals surface area (Å²) in [5.41, 5.74) is 8.58. The summed E-state index contributed by atoms with van der Waals surface area (Å²) in [4.78, 5) is 16.4. The van der Waals surface area contributed by atoms with Crippen LogP contribution < -0.4 is 5.73 Å². The van der Waals surface area contributed by atoms with Gasteiger partial charge in [0.1, 0.15) is 17.1 Å². The fraction of sp³-hybridized carbons (Fsp3) is 0.200. The molecule has 0 aliphatic rings. The third-order valence-corrected chi connectivity index (χ3v) is 5.94. The van der Waals surface area contributed by atoms with Crippen LogP contribution in [0.25, 0.3) is 33.4 Å². The van der Waals surface area contributed by atoms with E-state index >= 15 is 0 Å².